The molecule has 0 spiro atoms. The Labute approximate surface area is 132 Å². The van der Waals surface area contributed by atoms with Crippen molar-refractivity contribution >= 4 is 0 Å². The van der Waals surface area contributed by atoms with Crippen LogP contribution >= 0.6 is 0 Å². The summed E-state index contributed by atoms with van der Waals surface area (Å²) < 4.78 is 0. The first-order chi connectivity index (χ1) is 10.9. The minimum atomic E-state index is 0.327. The van der Waals surface area contributed by atoms with Crippen LogP contribution in [0, 0.1) is 0 Å². The monoisotopic (exact) mass is 284 g/mol. The molecule has 3 aromatic rings. The third kappa shape index (κ3) is 2.46. The van der Waals surface area contributed by atoms with Crippen molar-refractivity contribution in [2.75, 3.05) is 0 Å². The van der Waals surface area contributed by atoms with Crippen LogP contribution in [0.5, 0.6) is 0 Å². The standard InChI is InChI=1S/C22H20/c1-3-8-18(9-4-1)22(19-10-5-2-6-11-19)21-15-14-17-12-7-13-20(17)16-21/h1-6,8-11,14-16,22H,7,12-13H2. The maximum Gasteiger partial charge on any atom is 0.0340 e. The highest BCUT2D eigenvalue weighted by molar-refractivity contribution is 5.46. The molecular formula is C22H20. The van der Waals surface area contributed by atoms with Gasteiger partial charge in [-0.15, -0.1) is 0 Å². The molecule has 0 saturated heterocycles. The Morgan fingerprint density at radius 3 is 1.77 bits per heavy atom. The van der Waals surface area contributed by atoms with E-state index in [1.54, 1.807) is 11.1 Å². The summed E-state index contributed by atoms with van der Waals surface area (Å²) in [5.41, 5.74) is 7.24. The van der Waals surface area contributed by atoms with Crippen molar-refractivity contribution in [2.45, 2.75) is 25.2 Å². The van der Waals surface area contributed by atoms with Crippen LogP contribution in [-0.2, 0) is 12.8 Å². The van der Waals surface area contributed by atoms with E-state index in [9.17, 15) is 0 Å². The van der Waals surface area contributed by atoms with Gasteiger partial charge in [-0.3, -0.25) is 0 Å². The van der Waals surface area contributed by atoms with Gasteiger partial charge in [0.1, 0.15) is 0 Å². The van der Waals surface area contributed by atoms with E-state index in [1.807, 2.05) is 0 Å². The molecule has 108 valence electrons. The van der Waals surface area contributed by atoms with Gasteiger partial charge in [0.05, 0.1) is 0 Å². The molecule has 0 heterocycles. The van der Waals surface area contributed by atoms with Crippen LogP contribution in [0.4, 0.5) is 0 Å². The van der Waals surface area contributed by atoms with E-state index < -0.39 is 0 Å². The number of fused-ring (bicyclic) bond motifs is 1. The van der Waals surface area contributed by atoms with E-state index in [0.717, 1.165) is 0 Å². The van der Waals surface area contributed by atoms with Crippen LogP contribution in [0.2, 0.25) is 0 Å². The zero-order chi connectivity index (χ0) is 14.8. The maximum absolute atomic E-state index is 2.44. The summed E-state index contributed by atoms with van der Waals surface area (Å²) in [4.78, 5) is 0. The summed E-state index contributed by atoms with van der Waals surface area (Å²) >= 11 is 0. The van der Waals surface area contributed by atoms with Gasteiger partial charge in [-0.2, -0.15) is 0 Å². The van der Waals surface area contributed by atoms with Crippen molar-refractivity contribution in [3.63, 3.8) is 0 Å². The molecule has 4 rings (SSSR count). The van der Waals surface area contributed by atoms with Crippen molar-refractivity contribution < 1.29 is 0 Å². The lowest BCUT2D eigenvalue weighted by molar-refractivity contribution is 0.910. The highest BCUT2D eigenvalue weighted by Crippen LogP contribution is 2.34. The van der Waals surface area contributed by atoms with Crippen LogP contribution in [0.15, 0.2) is 78.9 Å². The van der Waals surface area contributed by atoms with Crippen LogP contribution < -0.4 is 0 Å². The third-order valence-electron chi connectivity index (χ3n) is 4.72. The normalized spacial score (nSPS) is 13.3. The molecule has 22 heavy (non-hydrogen) atoms. The summed E-state index contributed by atoms with van der Waals surface area (Å²) in [7, 11) is 0. The van der Waals surface area contributed by atoms with E-state index in [-0.39, 0.29) is 0 Å². The first-order valence-corrected chi connectivity index (χ1v) is 8.13. The van der Waals surface area contributed by atoms with Gasteiger partial charge in [-0.1, -0.05) is 78.9 Å². The Hall–Kier alpha value is -2.34. The average Bonchev–Trinajstić information content (AvgIpc) is 3.05. The molecule has 0 nitrogen and oxygen atoms in total. The quantitative estimate of drug-likeness (QED) is 0.568. The van der Waals surface area contributed by atoms with Crippen molar-refractivity contribution in [3.05, 3.63) is 107 Å². The van der Waals surface area contributed by atoms with E-state index in [0.29, 0.717) is 5.92 Å². The van der Waals surface area contributed by atoms with Crippen molar-refractivity contribution in [3.8, 4) is 0 Å². The Morgan fingerprint density at radius 2 is 1.14 bits per heavy atom. The SMILES string of the molecule is c1ccc(C(c2ccccc2)c2ccc3c(c2)CCC3)cc1. The number of hydrogen-bond acceptors (Lipinski definition) is 0. The predicted octanol–water partition coefficient (Wildman–Crippen LogP) is 5.36. The molecule has 0 fully saturated rings. The van der Waals surface area contributed by atoms with Crippen molar-refractivity contribution in [2.24, 2.45) is 0 Å². The van der Waals surface area contributed by atoms with E-state index in [4.69, 9.17) is 0 Å². The molecule has 1 aliphatic rings. The topological polar surface area (TPSA) is 0 Å². The van der Waals surface area contributed by atoms with Gasteiger partial charge < -0.3 is 0 Å². The first-order valence-electron chi connectivity index (χ1n) is 8.13. The second-order valence-corrected chi connectivity index (χ2v) is 6.14. The maximum atomic E-state index is 2.44. The van der Waals surface area contributed by atoms with Gasteiger partial charge in [-0.05, 0) is 47.1 Å². The summed E-state index contributed by atoms with van der Waals surface area (Å²) in [6.45, 7) is 0. The molecule has 0 aromatic heterocycles. The number of aryl methyl sites for hydroxylation is 2. The Bertz CT molecular complexity index is 717. The third-order valence-corrected chi connectivity index (χ3v) is 4.72. The lowest BCUT2D eigenvalue weighted by Crippen LogP contribution is -2.04. The van der Waals surface area contributed by atoms with E-state index >= 15 is 0 Å². The van der Waals surface area contributed by atoms with Crippen molar-refractivity contribution in [1.82, 2.24) is 0 Å². The minimum absolute atomic E-state index is 0.327. The number of hydrogen-bond donors (Lipinski definition) is 0. The Balaban J connectivity index is 1.84. The fourth-order valence-corrected chi connectivity index (χ4v) is 3.64. The smallest absolute Gasteiger partial charge is 0.0340 e. The van der Waals surface area contributed by atoms with Crippen LogP contribution in [-0.4, -0.2) is 0 Å². The highest BCUT2D eigenvalue weighted by atomic mass is 14.2. The van der Waals surface area contributed by atoms with E-state index in [1.165, 1.54) is 36.0 Å². The predicted molar refractivity (Wildman–Crippen MR) is 92.3 cm³/mol. The molecule has 0 amide bonds. The van der Waals surface area contributed by atoms with Crippen molar-refractivity contribution in [1.29, 1.82) is 0 Å². The van der Waals surface area contributed by atoms with Gasteiger partial charge in [0.2, 0.25) is 0 Å². The van der Waals surface area contributed by atoms with E-state index in [2.05, 4.69) is 78.9 Å². The molecule has 0 saturated carbocycles. The summed E-state index contributed by atoms with van der Waals surface area (Å²) in [5.74, 6) is 0.327. The fourth-order valence-electron chi connectivity index (χ4n) is 3.64. The zero-order valence-electron chi connectivity index (χ0n) is 12.7. The summed E-state index contributed by atoms with van der Waals surface area (Å²) in [5, 5.41) is 0. The molecule has 0 atom stereocenters. The minimum Gasteiger partial charge on any atom is -0.0622 e. The zero-order valence-corrected chi connectivity index (χ0v) is 12.7. The molecule has 1 aliphatic carbocycles. The molecule has 0 bridgehead atoms. The highest BCUT2D eigenvalue weighted by Gasteiger charge is 2.19. The Kier molecular flexibility index (Phi) is 3.52. The molecule has 0 radical (unpaired) electrons. The second kappa shape index (κ2) is 5.81. The molecular weight excluding hydrogens is 264 g/mol. The molecule has 0 unspecified atom stereocenters. The van der Waals surface area contributed by atoms with Gasteiger partial charge >= 0.3 is 0 Å². The van der Waals surface area contributed by atoms with Crippen LogP contribution in [0.3, 0.4) is 0 Å². The largest absolute Gasteiger partial charge is 0.0622 e. The molecule has 0 heteroatoms. The number of benzene rings is 3. The lowest BCUT2D eigenvalue weighted by Gasteiger charge is -2.20. The average molecular weight is 284 g/mol. The summed E-state index contributed by atoms with van der Waals surface area (Å²) in [6, 6.07) is 28.8. The van der Waals surface area contributed by atoms with Gasteiger partial charge in [0.25, 0.3) is 0 Å². The van der Waals surface area contributed by atoms with Gasteiger partial charge in [-0.25, -0.2) is 0 Å². The molecule has 0 aliphatic heterocycles. The van der Waals surface area contributed by atoms with Gasteiger partial charge in [0, 0.05) is 5.92 Å². The number of rotatable bonds is 3. The fraction of sp³-hybridized carbons (Fsp3) is 0.182. The first kappa shape index (κ1) is 13.3. The van der Waals surface area contributed by atoms with Crippen LogP contribution in [0.25, 0.3) is 0 Å². The lowest BCUT2D eigenvalue weighted by atomic mass is 9.84. The second-order valence-electron chi connectivity index (χ2n) is 6.14. The molecule has 3 aromatic carbocycles. The Morgan fingerprint density at radius 1 is 0.545 bits per heavy atom. The summed E-state index contributed by atoms with van der Waals surface area (Å²) in [6.07, 6.45) is 3.79. The van der Waals surface area contributed by atoms with Gasteiger partial charge in [0.15, 0.2) is 0 Å². The van der Waals surface area contributed by atoms with Crippen LogP contribution in [0.1, 0.15) is 40.2 Å². The molecule has 0 N–H and O–H groups in total.